The molecule has 0 radical (unpaired) electrons. The average molecular weight is 340 g/mol. The Labute approximate surface area is 152 Å². The first-order valence-electron chi connectivity index (χ1n) is 11.1. The minimum atomic E-state index is 0.103. The zero-order chi connectivity index (χ0) is 17.7. The van der Waals surface area contributed by atoms with E-state index < -0.39 is 0 Å². The third-order valence-corrected chi connectivity index (χ3v) is 6.10. The first kappa shape index (κ1) is 22.0. The van der Waals surface area contributed by atoms with Gasteiger partial charge in [0, 0.05) is 5.54 Å². The zero-order valence-electron chi connectivity index (χ0n) is 17.0. The van der Waals surface area contributed by atoms with Crippen LogP contribution in [0.1, 0.15) is 124 Å². The Morgan fingerprint density at radius 2 is 1.12 bits per heavy atom. The fourth-order valence-corrected chi connectivity index (χ4v) is 3.77. The van der Waals surface area contributed by atoms with Crippen molar-refractivity contribution in [2.45, 2.75) is 141 Å². The summed E-state index contributed by atoms with van der Waals surface area (Å²) in [5.41, 5.74) is 6.46. The zero-order valence-corrected chi connectivity index (χ0v) is 17.0. The van der Waals surface area contributed by atoms with Gasteiger partial charge in [0.2, 0.25) is 0 Å². The average Bonchev–Trinajstić information content (AvgIpc) is 3.35. The third kappa shape index (κ3) is 10.0. The highest BCUT2D eigenvalue weighted by atomic mass is 16.6. The molecule has 0 aromatic carbocycles. The van der Waals surface area contributed by atoms with Crippen molar-refractivity contribution < 1.29 is 4.74 Å². The molecule has 1 fully saturated rings. The molecule has 1 aliphatic rings. The highest BCUT2D eigenvalue weighted by Gasteiger charge is 2.36. The van der Waals surface area contributed by atoms with Crippen LogP contribution in [0, 0.1) is 0 Å². The number of hydrogen-bond donors (Lipinski definition) is 1. The van der Waals surface area contributed by atoms with Gasteiger partial charge in [0.15, 0.2) is 0 Å². The molecule has 0 amide bonds. The number of ether oxygens (including phenoxy) is 1. The van der Waals surface area contributed by atoms with Crippen molar-refractivity contribution in [1.29, 1.82) is 0 Å². The summed E-state index contributed by atoms with van der Waals surface area (Å²) in [5, 5.41) is 0. The first-order chi connectivity index (χ1) is 11.6. The molecule has 1 saturated heterocycles. The number of unbranched alkanes of at least 4 members (excludes halogenated alkanes) is 9. The van der Waals surface area contributed by atoms with E-state index in [4.69, 9.17) is 10.5 Å². The Balaban J connectivity index is 1.83. The SMILES string of the molecule is CCCCCCCCC1OC1CCCCCCCC(N)(CC)CC. The third-order valence-electron chi connectivity index (χ3n) is 6.10. The smallest absolute Gasteiger partial charge is 0.0841 e. The van der Waals surface area contributed by atoms with E-state index in [-0.39, 0.29) is 5.54 Å². The van der Waals surface area contributed by atoms with Crippen molar-refractivity contribution in [2.24, 2.45) is 5.73 Å². The molecule has 2 unspecified atom stereocenters. The summed E-state index contributed by atoms with van der Waals surface area (Å²) in [5.74, 6) is 0. The largest absolute Gasteiger partial charge is 0.370 e. The van der Waals surface area contributed by atoms with Crippen molar-refractivity contribution >= 4 is 0 Å². The second kappa shape index (κ2) is 13.2. The lowest BCUT2D eigenvalue weighted by Crippen LogP contribution is -2.38. The van der Waals surface area contributed by atoms with Crippen LogP contribution < -0.4 is 5.73 Å². The second-order valence-electron chi connectivity index (χ2n) is 8.15. The van der Waals surface area contributed by atoms with Crippen LogP contribution in [-0.4, -0.2) is 17.7 Å². The highest BCUT2D eigenvalue weighted by Crippen LogP contribution is 2.32. The van der Waals surface area contributed by atoms with Crippen molar-refractivity contribution in [3.8, 4) is 0 Å². The summed E-state index contributed by atoms with van der Waals surface area (Å²) >= 11 is 0. The van der Waals surface area contributed by atoms with E-state index in [9.17, 15) is 0 Å². The molecule has 2 heteroatoms. The molecule has 0 bridgehead atoms. The van der Waals surface area contributed by atoms with Crippen molar-refractivity contribution in [3.63, 3.8) is 0 Å². The summed E-state index contributed by atoms with van der Waals surface area (Å²) in [4.78, 5) is 0. The number of rotatable bonds is 17. The predicted molar refractivity (Wildman–Crippen MR) is 106 cm³/mol. The topological polar surface area (TPSA) is 38.5 Å². The van der Waals surface area contributed by atoms with E-state index >= 15 is 0 Å². The molecule has 2 atom stereocenters. The molecule has 2 nitrogen and oxygen atoms in total. The Morgan fingerprint density at radius 3 is 1.62 bits per heavy atom. The molecular formula is C22H45NO. The molecule has 1 aliphatic heterocycles. The van der Waals surface area contributed by atoms with Gasteiger partial charge >= 0.3 is 0 Å². The van der Waals surface area contributed by atoms with Crippen LogP contribution in [0.4, 0.5) is 0 Å². The summed E-state index contributed by atoms with van der Waals surface area (Å²) in [6.45, 7) is 6.73. The molecule has 0 aromatic heterocycles. The summed E-state index contributed by atoms with van der Waals surface area (Å²) in [6.07, 6.45) is 22.4. The first-order valence-corrected chi connectivity index (χ1v) is 11.1. The number of nitrogens with two attached hydrogens (primary N) is 1. The Hall–Kier alpha value is -0.0800. The van der Waals surface area contributed by atoms with E-state index in [0.717, 1.165) is 12.8 Å². The van der Waals surface area contributed by atoms with Gasteiger partial charge in [-0.15, -0.1) is 0 Å². The van der Waals surface area contributed by atoms with E-state index in [2.05, 4.69) is 20.8 Å². The second-order valence-corrected chi connectivity index (χ2v) is 8.15. The van der Waals surface area contributed by atoms with E-state index in [1.807, 2.05) is 0 Å². The van der Waals surface area contributed by atoms with Crippen molar-refractivity contribution in [3.05, 3.63) is 0 Å². The molecule has 2 N–H and O–H groups in total. The van der Waals surface area contributed by atoms with Gasteiger partial charge in [-0.05, 0) is 32.1 Å². The minimum Gasteiger partial charge on any atom is -0.370 e. The Bertz CT molecular complexity index is 288. The molecule has 0 aromatic rings. The lowest BCUT2D eigenvalue weighted by atomic mass is 9.88. The Kier molecular flexibility index (Phi) is 12.0. The van der Waals surface area contributed by atoms with Gasteiger partial charge in [-0.25, -0.2) is 0 Å². The molecule has 24 heavy (non-hydrogen) atoms. The maximum Gasteiger partial charge on any atom is 0.0841 e. The lowest BCUT2D eigenvalue weighted by molar-refractivity contribution is 0.343. The predicted octanol–water partition coefficient (Wildman–Crippen LogP) is 6.75. The van der Waals surface area contributed by atoms with E-state index in [1.165, 1.54) is 89.9 Å². The van der Waals surface area contributed by atoms with Crippen LogP contribution in [0.25, 0.3) is 0 Å². The normalized spacial score (nSPS) is 20.5. The molecule has 0 spiro atoms. The van der Waals surface area contributed by atoms with Gasteiger partial charge in [-0.3, -0.25) is 0 Å². The van der Waals surface area contributed by atoms with Crippen LogP contribution in [0.3, 0.4) is 0 Å². The molecule has 1 rings (SSSR count). The van der Waals surface area contributed by atoms with E-state index in [1.54, 1.807) is 0 Å². The van der Waals surface area contributed by atoms with Crippen molar-refractivity contribution in [2.75, 3.05) is 0 Å². The lowest BCUT2D eigenvalue weighted by Gasteiger charge is -2.26. The van der Waals surface area contributed by atoms with Crippen LogP contribution in [0.2, 0.25) is 0 Å². The summed E-state index contributed by atoms with van der Waals surface area (Å²) in [7, 11) is 0. The minimum absolute atomic E-state index is 0.103. The van der Waals surface area contributed by atoms with Crippen LogP contribution >= 0.6 is 0 Å². The summed E-state index contributed by atoms with van der Waals surface area (Å²) < 4.78 is 5.83. The molecule has 144 valence electrons. The van der Waals surface area contributed by atoms with Crippen LogP contribution in [0.15, 0.2) is 0 Å². The molecular weight excluding hydrogens is 294 g/mol. The number of hydrogen-bond acceptors (Lipinski definition) is 2. The van der Waals surface area contributed by atoms with Gasteiger partial charge < -0.3 is 10.5 Å². The van der Waals surface area contributed by atoms with Crippen LogP contribution in [0.5, 0.6) is 0 Å². The number of epoxide rings is 1. The molecule has 0 saturated carbocycles. The maximum atomic E-state index is 6.36. The highest BCUT2D eigenvalue weighted by molar-refractivity contribution is 4.84. The van der Waals surface area contributed by atoms with Gasteiger partial charge in [-0.1, -0.05) is 91.4 Å². The monoisotopic (exact) mass is 339 g/mol. The molecule has 0 aliphatic carbocycles. The Morgan fingerprint density at radius 1 is 0.667 bits per heavy atom. The van der Waals surface area contributed by atoms with Crippen LogP contribution in [-0.2, 0) is 4.74 Å². The summed E-state index contributed by atoms with van der Waals surface area (Å²) in [6, 6.07) is 0. The quantitative estimate of drug-likeness (QED) is 0.235. The fourth-order valence-electron chi connectivity index (χ4n) is 3.77. The molecule has 1 heterocycles. The standard InChI is InChI=1S/C22H45NO/c1-4-7-8-9-11-14-17-20-21(24-20)18-15-12-10-13-16-19-22(23,5-2)6-3/h20-21H,4-19,23H2,1-3H3. The van der Waals surface area contributed by atoms with Gasteiger partial charge in [0.05, 0.1) is 12.2 Å². The van der Waals surface area contributed by atoms with Gasteiger partial charge in [-0.2, -0.15) is 0 Å². The van der Waals surface area contributed by atoms with Crippen molar-refractivity contribution in [1.82, 2.24) is 0 Å². The van der Waals surface area contributed by atoms with Gasteiger partial charge in [0.25, 0.3) is 0 Å². The van der Waals surface area contributed by atoms with Gasteiger partial charge in [0.1, 0.15) is 0 Å². The maximum absolute atomic E-state index is 6.36. The fraction of sp³-hybridized carbons (Fsp3) is 1.00. The van der Waals surface area contributed by atoms with E-state index in [0.29, 0.717) is 12.2 Å².